The highest BCUT2D eigenvalue weighted by Crippen LogP contribution is 2.40. The van der Waals surface area contributed by atoms with Crippen molar-refractivity contribution in [2.75, 3.05) is 19.0 Å². The lowest BCUT2D eigenvalue weighted by atomic mass is 9.87. The summed E-state index contributed by atoms with van der Waals surface area (Å²) in [5, 5.41) is 7.26. The molecule has 0 fully saturated rings. The number of hydrogen-bond donors (Lipinski definition) is 1. The van der Waals surface area contributed by atoms with E-state index >= 15 is 0 Å². The highest BCUT2D eigenvalue weighted by molar-refractivity contribution is 5.94. The van der Waals surface area contributed by atoms with Gasteiger partial charge in [0.05, 0.1) is 25.6 Å². The molecular formula is C21H20FN3O3. The van der Waals surface area contributed by atoms with Gasteiger partial charge in [0.2, 0.25) is 5.91 Å². The van der Waals surface area contributed by atoms with Crippen LogP contribution in [0.4, 0.5) is 10.2 Å². The summed E-state index contributed by atoms with van der Waals surface area (Å²) in [6.45, 7) is 2.44. The second kappa shape index (κ2) is 7.34. The molecule has 6 nitrogen and oxygen atoms in total. The molecule has 1 aliphatic heterocycles. The Hall–Kier alpha value is -3.35. The molecule has 0 aliphatic carbocycles. The zero-order chi connectivity index (χ0) is 19.7. The first-order valence-electron chi connectivity index (χ1n) is 9.05. The molecule has 0 radical (unpaired) electrons. The molecule has 144 valence electrons. The van der Waals surface area contributed by atoms with Gasteiger partial charge in [0.25, 0.3) is 0 Å². The van der Waals surface area contributed by atoms with Gasteiger partial charge in [0.1, 0.15) is 11.6 Å². The van der Waals surface area contributed by atoms with Crippen molar-refractivity contribution in [3.63, 3.8) is 0 Å². The monoisotopic (exact) mass is 381 g/mol. The minimum atomic E-state index is -0.364. The molecule has 0 saturated heterocycles. The van der Waals surface area contributed by atoms with E-state index in [1.165, 1.54) is 12.1 Å². The second-order valence-corrected chi connectivity index (χ2v) is 6.49. The van der Waals surface area contributed by atoms with E-state index < -0.39 is 0 Å². The van der Waals surface area contributed by atoms with Crippen molar-refractivity contribution in [2.45, 2.75) is 19.3 Å². The van der Waals surface area contributed by atoms with E-state index in [4.69, 9.17) is 9.47 Å². The third-order valence-corrected chi connectivity index (χ3v) is 4.76. The van der Waals surface area contributed by atoms with E-state index in [0.717, 1.165) is 11.1 Å². The highest BCUT2D eigenvalue weighted by atomic mass is 19.1. The molecule has 2 aromatic carbocycles. The number of aromatic nitrogens is 2. The molecule has 7 heteroatoms. The van der Waals surface area contributed by atoms with E-state index in [1.807, 2.05) is 25.1 Å². The first-order chi connectivity index (χ1) is 13.6. The van der Waals surface area contributed by atoms with Gasteiger partial charge in [-0.15, -0.1) is 0 Å². The fourth-order valence-corrected chi connectivity index (χ4v) is 3.50. The van der Waals surface area contributed by atoms with E-state index in [2.05, 4.69) is 10.4 Å². The number of carbonyl (C=O) groups excluding carboxylic acids is 1. The molecule has 1 unspecified atom stereocenters. The SMILES string of the molecule is CCOc1ccc(C2CC(=O)Nc3c2cnn3-c2cccc(F)c2)cc1OC. The summed E-state index contributed by atoms with van der Waals surface area (Å²) in [6, 6.07) is 11.8. The first-order valence-corrected chi connectivity index (χ1v) is 9.05. The largest absolute Gasteiger partial charge is 0.493 e. The third-order valence-electron chi connectivity index (χ3n) is 4.76. The van der Waals surface area contributed by atoms with Crippen LogP contribution < -0.4 is 14.8 Å². The van der Waals surface area contributed by atoms with Crippen molar-refractivity contribution in [3.8, 4) is 17.2 Å². The Balaban J connectivity index is 1.77. The number of rotatable bonds is 5. The van der Waals surface area contributed by atoms with Crippen LogP contribution in [0.15, 0.2) is 48.7 Å². The number of anilines is 1. The molecule has 1 amide bonds. The predicted molar refractivity (Wildman–Crippen MR) is 103 cm³/mol. The van der Waals surface area contributed by atoms with Crippen LogP contribution in [-0.2, 0) is 4.79 Å². The maximum Gasteiger partial charge on any atom is 0.226 e. The summed E-state index contributed by atoms with van der Waals surface area (Å²) in [5.41, 5.74) is 2.34. The number of ether oxygens (including phenoxy) is 2. The Labute approximate surface area is 161 Å². The van der Waals surface area contributed by atoms with Gasteiger partial charge < -0.3 is 14.8 Å². The number of fused-ring (bicyclic) bond motifs is 1. The Morgan fingerprint density at radius 2 is 2.11 bits per heavy atom. The third kappa shape index (κ3) is 3.19. The molecule has 28 heavy (non-hydrogen) atoms. The lowest BCUT2D eigenvalue weighted by molar-refractivity contribution is -0.116. The normalized spacial score (nSPS) is 15.7. The van der Waals surface area contributed by atoms with Gasteiger partial charge in [0.15, 0.2) is 11.5 Å². The van der Waals surface area contributed by atoms with Crippen LogP contribution in [-0.4, -0.2) is 29.4 Å². The molecule has 3 aromatic rings. The number of hydrogen-bond acceptors (Lipinski definition) is 4. The van der Waals surface area contributed by atoms with Crippen LogP contribution in [0.3, 0.4) is 0 Å². The molecular weight excluding hydrogens is 361 g/mol. The zero-order valence-electron chi connectivity index (χ0n) is 15.6. The molecule has 0 bridgehead atoms. The van der Waals surface area contributed by atoms with Crippen molar-refractivity contribution in [1.29, 1.82) is 0 Å². The van der Waals surface area contributed by atoms with Crippen LogP contribution in [0.1, 0.15) is 30.4 Å². The van der Waals surface area contributed by atoms with Crippen molar-refractivity contribution in [3.05, 3.63) is 65.6 Å². The van der Waals surface area contributed by atoms with Gasteiger partial charge in [-0.1, -0.05) is 12.1 Å². The Morgan fingerprint density at radius 3 is 2.86 bits per heavy atom. The minimum absolute atomic E-state index is 0.122. The minimum Gasteiger partial charge on any atom is -0.493 e. The van der Waals surface area contributed by atoms with Gasteiger partial charge in [-0.25, -0.2) is 9.07 Å². The quantitative estimate of drug-likeness (QED) is 0.728. The van der Waals surface area contributed by atoms with Gasteiger partial charge in [-0.3, -0.25) is 4.79 Å². The number of methoxy groups -OCH3 is 1. The Morgan fingerprint density at radius 1 is 1.25 bits per heavy atom. The number of nitrogens with zero attached hydrogens (tertiary/aromatic N) is 2. The van der Waals surface area contributed by atoms with Crippen molar-refractivity contribution >= 4 is 11.7 Å². The standard InChI is InChI=1S/C21H20FN3O3/c1-3-28-18-8-7-13(9-19(18)27-2)16-11-20(26)24-21-17(16)12-23-25(21)15-6-4-5-14(22)10-15/h4-10,12,16H,3,11H2,1-2H3,(H,24,26). The van der Waals surface area contributed by atoms with Crippen LogP contribution in [0.5, 0.6) is 11.5 Å². The Kier molecular flexibility index (Phi) is 4.73. The molecule has 4 rings (SSSR count). The van der Waals surface area contributed by atoms with Crippen LogP contribution in [0, 0.1) is 5.82 Å². The molecule has 1 atom stereocenters. The maximum atomic E-state index is 13.6. The number of halogens is 1. The lowest BCUT2D eigenvalue weighted by Gasteiger charge is -2.24. The second-order valence-electron chi connectivity index (χ2n) is 6.49. The van der Waals surface area contributed by atoms with Crippen LogP contribution >= 0.6 is 0 Å². The van der Waals surface area contributed by atoms with E-state index in [1.54, 1.807) is 30.1 Å². The fourth-order valence-electron chi connectivity index (χ4n) is 3.50. The molecule has 1 aromatic heterocycles. The summed E-state index contributed by atoms with van der Waals surface area (Å²) >= 11 is 0. The molecule has 0 spiro atoms. The molecule has 0 saturated carbocycles. The molecule has 2 heterocycles. The summed E-state index contributed by atoms with van der Waals surface area (Å²) in [6.07, 6.45) is 2.01. The van der Waals surface area contributed by atoms with E-state index in [9.17, 15) is 9.18 Å². The fraction of sp³-hybridized carbons (Fsp3) is 0.238. The van der Waals surface area contributed by atoms with Crippen molar-refractivity contribution in [2.24, 2.45) is 0 Å². The Bertz CT molecular complexity index is 1030. The average Bonchev–Trinajstić information content (AvgIpc) is 3.11. The molecule has 1 N–H and O–H groups in total. The predicted octanol–water partition coefficient (Wildman–Crippen LogP) is 3.89. The average molecular weight is 381 g/mol. The van der Waals surface area contributed by atoms with Gasteiger partial charge >= 0.3 is 0 Å². The summed E-state index contributed by atoms with van der Waals surface area (Å²) in [7, 11) is 1.59. The summed E-state index contributed by atoms with van der Waals surface area (Å²) in [4.78, 5) is 12.4. The number of amides is 1. The lowest BCUT2D eigenvalue weighted by Crippen LogP contribution is -2.24. The molecule has 1 aliphatic rings. The van der Waals surface area contributed by atoms with Crippen LogP contribution in [0.25, 0.3) is 5.69 Å². The number of carbonyl (C=O) groups is 1. The van der Waals surface area contributed by atoms with Gasteiger partial charge in [0, 0.05) is 17.9 Å². The topological polar surface area (TPSA) is 65.4 Å². The smallest absolute Gasteiger partial charge is 0.226 e. The summed E-state index contributed by atoms with van der Waals surface area (Å²) in [5.74, 6) is 1.16. The van der Waals surface area contributed by atoms with E-state index in [0.29, 0.717) is 36.0 Å². The van der Waals surface area contributed by atoms with Crippen molar-refractivity contribution < 1.29 is 18.7 Å². The van der Waals surface area contributed by atoms with Gasteiger partial charge in [-0.2, -0.15) is 5.10 Å². The van der Waals surface area contributed by atoms with Crippen molar-refractivity contribution in [1.82, 2.24) is 9.78 Å². The van der Waals surface area contributed by atoms with Gasteiger partial charge in [-0.05, 0) is 42.8 Å². The number of nitrogens with one attached hydrogen (secondary N) is 1. The van der Waals surface area contributed by atoms with Crippen LogP contribution in [0.2, 0.25) is 0 Å². The first kappa shape index (κ1) is 18.0. The highest BCUT2D eigenvalue weighted by Gasteiger charge is 2.31. The maximum absolute atomic E-state index is 13.6. The summed E-state index contributed by atoms with van der Waals surface area (Å²) < 4.78 is 26.2. The van der Waals surface area contributed by atoms with E-state index in [-0.39, 0.29) is 17.6 Å². The number of benzene rings is 2. The zero-order valence-corrected chi connectivity index (χ0v) is 15.6.